The first-order chi connectivity index (χ1) is 25.8. The summed E-state index contributed by atoms with van der Waals surface area (Å²) in [5, 5.41) is 26.5. The number of halogens is 1. The molecule has 53 heavy (non-hydrogen) atoms. The summed E-state index contributed by atoms with van der Waals surface area (Å²) in [6.07, 6.45) is 8.95. The highest BCUT2D eigenvalue weighted by Crippen LogP contribution is 2.37. The van der Waals surface area contributed by atoms with Crippen LogP contribution in [0.1, 0.15) is 90.6 Å². The second-order valence-electron chi connectivity index (χ2n) is 13.3. The number of aromatic nitrogens is 4. The van der Waals surface area contributed by atoms with Crippen LogP contribution >= 0.6 is 34.3 Å². The van der Waals surface area contributed by atoms with Crippen molar-refractivity contribution in [3.63, 3.8) is 0 Å². The van der Waals surface area contributed by atoms with Gasteiger partial charge in [0, 0.05) is 38.0 Å². The molecule has 2 aliphatic rings. The molecule has 0 radical (unpaired) electrons. The monoisotopic (exact) mass is 758 g/mol. The third-order valence-electron chi connectivity index (χ3n) is 9.69. The van der Waals surface area contributed by atoms with E-state index >= 15 is 0 Å². The third-order valence-corrected chi connectivity index (χ3v) is 12.0. The molecule has 8 rings (SSSR count). The highest BCUT2D eigenvalue weighted by molar-refractivity contribution is 7.15. The van der Waals surface area contributed by atoms with Gasteiger partial charge < -0.3 is 10.4 Å². The number of thiophene rings is 1. The highest BCUT2D eigenvalue weighted by Gasteiger charge is 2.26. The molecule has 266 valence electrons. The van der Waals surface area contributed by atoms with Crippen LogP contribution in [0.2, 0.25) is 5.02 Å². The van der Waals surface area contributed by atoms with Crippen molar-refractivity contribution in [3.8, 4) is 5.00 Å². The van der Waals surface area contributed by atoms with E-state index in [-0.39, 0.29) is 17.9 Å². The molecule has 1 aliphatic heterocycles. The number of aromatic carboxylic acids is 1. The van der Waals surface area contributed by atoms with Crippen molar-refractivity contribution < 1.29 is 14.7 Å². The number of anilines is 1. The van der Waals surface area contributed by atoms with Gasteiger partial charge in [0.2, 0.25) is 5.91 Å². The zero-order chi connectivity index (χ0) is 36.5. The number of aryl methyl sites for hydroxylation is 3. The van der Waals surface area contributed by atoms with Crippen LogP contribution < -0.4 is 5.32 Å². The van der Waals surface area contributed by atoms with Crippen molar-refractivity contribution in [1.82, 2.24) is 19.7 Å². The summed E-state index contributed by atoms with van der Waals surface area (Å²) in [7, 11) is 0. The molecule has 0 bridgehead atoms. The molecule has 1 saturated carbocycles. The van der Waals surface area contributed by atoms with E-state index < -0.39 is 5.97 Å². The Hall–Kier alpha value is -5.23. The zero-order valence-electron chi connectivity index (χ0n) is 28.9. The minimum absolute atomic E-state index is 0.0620. The average molecular weight is 759 g/mol. The summed E-state index contributed by atoms with van der Waals surface area (Å²) in [5.41, 5.74) is 6.85. The number of fused-ring (bicyclic) bond motifs is 3. The van der Waals surface area contributed by atoms with Gasteiger partial charge in [0.1, 0.15) is 22.4 Å². The summed E-state index contributed by atoms with van der Waals surface area (Å²) in [6, 6.07) is 22.8. The molecule has 2 N–H and O–H groups in total. The Balaban J connectivity index is 0.950. The lowest BCUT2D eigenvalue weighted by molar-refractivity contribution is -0.115. The molecule has 1 fully saturated rings. The van der Waals surface area contributed by atoms with Gasteiger partial charge in [0.15, 0.2) is 5.82 Å². The van der Waals surface area contributed by atoms with E-state index in [1.807, 2.05) is 73.7 Å². The Morgan fingerprint density at radius 2 is 1.87 bits per heavy atom. The molecule has 3 aromatic heterocycles. The molecule has 0 atom stereocenters. The van der Waals surface area contributed by atoms with E-state index in [1.165, 1.54) is 25.0 Å². The number of thiazole rings is 1. The molecule has 6 aromatic rings. The van der Waals surface area contributed by atoms with Gasteiger partial charge in [0.25, 0.3) is 0 Å². The molecule has 0 unspecified atom stereocenters. The summed E-state index contributed by atoms with van der Waals surface area (Å²) >= 11 is 9.92. The van der Waals surface area contributed by atoms with E-state index in [0.717, 1.165) is 54.5 Å². The number of carboxylic acid groups (broad SMARTS) is 1. The van der Waals surface area contributed by atoms with Gasteiger partial charge in [-0.25, -0.2) is 9.78 Å². The Kier molecular flexibility index (Phi) is 9.87. The molecule has 12 heteroatoms. The Bertz CT molecular complexity index is 2420. The summed E-state index contributed by atoms with van der Waals surface area (Å²) < 4.78 is 2.06. The lowest BCUT2D eigenvalue weighted by Gasteiger charge is -2.22. The molecular formula is C41H35ClN6O3S2. The Morgan fingerprint density at radius 1 is 1.00 bits per heavy atom. The fourth-order valence-corrected chi connectivity index (χ4v) is 8.96. The third kappa shape index (κ3) is 7.50. The minimum Gasteiger partial charge on any atom is -0.478 e. The molecule has 1 amide bonds. The predicted octanol–water partition coefficient (Wildman–Crippen LogP) is 9.20. The number of carbonyl (C=O) groups is 2. The normalized spacial score (nSPS) is 14.0. The average Bonchev–Trinajstić information content (AvgIpc) is 3.83. The van der Waals surface area contributed by atoms with Gasteiger partial charge in [-0.1, -0.05) is 66.6 Å². The van der Waals surface area contributed by atoms with Crippen LogP contribution in [-0.2, 0) is 30.6 Å². The van der Waals surface area contributed by atoms with Crippen molar-refractivity contribution in [2.45, 2.75) is 57.9 Å². The number of hydrogen-bond donors (Lipinski definition) is 2. The van der Waals surface area contributed by atoms with E-state index in [1.54, 1.807) is 34.8 Å². The molecule has 0 spiro atoms. The van der Waals surface area contributed by atoms with Crippen LogP contribution in [0.15, 0.2) is 83.2 Å². The maximum Gasteiger partial charge on any atom is 0.335 e. The standard InChI is InChI=1S/C41H35ClN6O3S2/c1-24-46-47-36-22-43-39(31-10-2-3-11-34(31)42)33-21-30(53-40(33)48(24)36)16-13-26-12-15-28(32(19-26)41(50)51)20-37(49)44-29-9-4-6-25(18-29)14-17-38-45-35(23-52-38)27-7-5-8-27/h2-4,6,9-12,14-15,17-19,21,23,27H,5,7-8,13,16,20,22H2,1H3,(H,44,49)(H,50,51)/b17-14+. The second-order valence-corrected chi connectivity index (χ2v) is 15.7. The number of carboxylic acids is 1. The number of carbonyl (C=O) groups excluding carboxylic acids is 1. The van der Waals surface area contributed by atoms with Gasteiger partial charge >= 0.3 is 5.97 Å². The van der Waals surface area contributed by atoms with Gasteiger partial charge in [0.05, 0.1) is 23.4 Å². The van der Waals surface area contributed by atoms with Crippen molar-refractivity contribution in [3.05, 3.63) is 144 Å². The van der Waals surface area contributed by atoms with E-state index in [0.29, 0.717) is 41.6 Å². The number of aliphatic imine (C=N–C) groups is 1. The van der Waals surface area contributed by atoms with Crippen LogP contribution in [-0.4, -0.2) is 42.4 Å². The summed E-state index contributed by atoms with van der Waals surface area (Å²) in [6.45, 7) is 2.32. The van der Waals surface area contributed by atoms with Crippen molar-refractivity contribution in [2.24, 2.45) is 4.99 Å². The Labute approximate surface area is 319 Å². The Morgan fingerprint density at radius 3 is 2.68 bits per heavy atom. The number of nitrogens with one attached hydrogen (secondary N) is 1. The largest absolute Gasteiger partial charge is 0.478 e. The molecule has 4 heterocycles. The summed E-state index contributed by atoms with van der Waals surface area (Å²) in [4.78, 5) is 36.3. The van der Waals surface area contributed by atoms with Crippen LogP contribution in [0.3, 0.4) is 0 Å². The minimum atomic E-state index is -1.07. The fraction of sp³-hybridized carbons (Fsp3) is 0.220. The number of nitrogens with zero attached hydrogens (tertiary/aromatic N) is 5. The van der Waals surface area contributed by atoms with Gasteiger partial charge in [-0.05, 0) is 85.7 Å². The van der Waals surface area contributed by atoms with Crippen LogP contribution in [0.25, 0.3) is 17.2 Å². The quantitative estimate of drug-likeness (QED) is 0.136. The van der Waals surface area contributed by atoms with Crippen LogP contribution in [0.5, 0.6) is 0 Å². The number of hydrogen-bond acceptors (Lipinski definition) is 8. The first-order valence-electron chi connectivity index (χ1n) is 17.5. The molecule has 9 nitrogen and oxygen atoms in total. The first kappa shape index (κ1) is 34.8. The number of rotatable bonds is 11. The summed E-state index contributed by atoms with van der Waals surface area (Å²) in [5.74, 6) is 0.796. The molecule has 3 aromatic carbocycles. The number of amides is 1. The smallest absolute Gasteiger partial charge is 0.335 e. The van der Waals surface area contributed by atoms with E-state index in [9.17, 15) is 14.7 Å². The van der Waals surface area contributed by atoms with Crippen molar-refractivity contribution >= 4 is 69.7 Å². The van der Waals surface area contributed by atoms with Crippen molar-refractivity contribution in [1.29, 1.82) is 0 Å². The van der Waals surface area contributed by atoms with Gasteiger partial charge in [-0.15, -0.1) is 32.9 Å². The second kappa shape index (κ2) is 15.0. The topological polar surface area (TPSA) is 122 Å². The first-order valence-corrected chi connectivity index (χ1v) is 19.6. The predicted molar refractivity (Wildman–Crippen MR) is 212 cm³/mol. The van der Waals surface area contributed by atoms with Gasteiger partial charge in [-0.3, -0.25) is 14.4 Å². The van der Waals surface area contributed by atoms with Crippen LogP contribution in [0.4, 0.5) is 5.69 Å². The zero-order valence-corrected chi connectivity index (χ0v) is 31.3. The SMILES string of the molecule is Cc1nnc2n1-c1sc(CCc3ccc(CC(=O)Nc4cccc(/C=C/c5nc(C6CCC6)cs5)c4)c(C(=O)O)c3)cc1C(c1ccccc1Cl)=NC2. The molecular weight excluding hydrogens is 724 g/mol. The van der Waals surface area contributed by atoms with Gasteiger partial charge in [-0.2, -0.15) is 0 Å². The van der Waals surface area contributed by atoms with Crippen LogP contribution in [0, 0.1) is 6.92 Å². The maximum atomic E-state index is 13.1. The number of benzene rings is 3. The molecule has 0 saturated heterocycles. The van der Waals surface area contributed by atoms with E-state index in [2.05, 4.69) is 31.5 Å². The lowest BCUT2D eigenvalue weighted by Crippen LogP contribution is -2.16. The van der Waals surface area contributed by atoms with E-state index in [4.69, 9.17) is 21.6 Å². The molecule has 1 aliphatic carbocycles. The lowest BCUT2D eigenvalue weighted by atomic mass is 9.83. The highest BCUT2D eigenvalue weighted by atomic mass is 35.5. The maximum absolute atomic E-state index is 13.1. The van der Waals surface area contributed by atoms with Crippen molar-refractivity contribution in [2.75, 3.05) is 5.32 Å². The fourth-order valence-electron chi connectivity index (χ4n) is 6.72.